The summed E-state index contributed by atoms with van der Waals surface area (Å²) >= 11 is 0. The first-order valence-electron chi connectivity index (χ1n) is 5.20. The SMILES string of the molecule is CC(=O)C(=O)C(C)CCPCC(C)C. The molecule has 0 saturated heterocycles. The summed E-state index contributed by atoms with van der Waals surface area (Å²) in [6.07, 6.45) is 3.18. The minimum Gasteiger partial charge on any atom is -0.291 e. The van der Waals surface area contributed by atoms with Gasteiger partial charge in [-0.25, -0.2) is 0 Å². The number of rotatable bonds is 7. The minimum atomic E-state index is -0.301. The molecule has 0 aromatic heterocycles. The van der Waals surface area contributed by atoms with E-state index in [0.29, 0.717) is 0 Å². The number of Topliss-reactive ketones (excluding diaryl/α,β-unsaturated/α-hetero) is 2. The Kier molecular flexibility index (Phi) is 7.00. The van der Waals surface area contributed by atoms with Crippen LogP contribution in [0.3, 0.4) is 0 Å². The molecule has 0 spiro atoms. The molecule has 0 aliphatic heterocycles. The summed E-state index contributed by atoms with van der Waals surface area (Å²) in [7, 11) is 0.928. The van der Waals surface area contributed by atoms with E-state index in [2.05, 4.69) is 13.8 Å². The number of hydrogen-bond donors (Lipinski definition) is 0. The fourth-order valence-electron chi connectivity index (χ4n) is 1.19. The van der Waals surface area contributed by atoms with Gasteiger partial charge in [0.25, 0.3) is 0 Å². The molecule has 0 aromatic rings. The molecular weight excluding hydrogens is 195 g/mol. The molecule has 2 unspecified atom stereocenters. The maximum Gasteiger partial charge on any atom is 0.200 e. The molecule has 0 aliphatic carbocycles. The van der Waals surface area contributed by atoms with Crippen LogP contribution >= 0.6 is 8.58 Å². The highest BCUT2D eigenvalue weighted by molar-refractivity contribution is 7.37. The third kappa shape index (κ3) is 6.26. The van der Waals surface area contributed by atoms with Gasteiger partial charge >= 0.3 is 0 Å². The second kappa shape index (κ2) is 7.11. The molecule has 0 saturated carbocycles. The van der Waals surface area contributed by atoms with Crippen LogP contribution in [0.2, 0.25) is 0 Å². The Hall–Kier alpha value is -0.230. The molecule has 14 heavy (non-hydrogen) atoms. The van der Waals surface area contributed by atoms with Crippen molar-refractivity contribution in [3.63, 3.8) is 0 Å². The van der Waals surface area contributed by atoms with Gasteiger partial charge in [0.05, 0.1) is 0 Å². The van der Waals surface area contributed by atoms with Gasteiger partial charge in [-0.3, -0.25) is 9.59 Å². The van der Waals surface area contributed by atoms with Crippen molar-refractivity contribution in [2.75, 3.05) is 12.3 Å². The Morgan fingerprint density at radius 2 is 1.79 bits per heavy atom. The lowest BCUT2D eigenvalue weighted by Crippen LogP contribution is -2.19. The van der Waals surface area contributed by atoms with E-state index in [1.54, 1.807) is 0 Å². The highest BCUT2D eigenvalue weighted by atomic mass is 31.1. The maximum atomic E-state index is 11.2. The lowest BCUT2D eigenvalue weighted by Gasteiger charge is -2.08. The normalized spacial score (nSPS) is 13.8. The lowest BCUT2D eigenvalue weighted by atomic mass is 10.0. The van der Waals surface area contributed by atoms with Crippen LogP contribution in [-0.2, 0) is 9.59 Å². The molecule has 0 heterocycles. The average Bonchev–Trinajstić information content (AvgIpc) is 2.10. The third-order valence-electron chi connectivity index (χ3n) is 2.10. The molecule has 3 heteroatoms. The van der Waals surface area contributed by atoms with Gasteiger partial charge in [-0.15, -0.1) is 8.58 Å². The van der Waals surface area contributed by atoms with Crippen molar-refractivity contribution >= 4 is 20.1 Å². The van der Waals surface area contributed by atoms with Gasteiger partial charge in [0.1, 0.15) is 0 Å². The van der Waals surface area contributed by atoms with Crippen molar-refractivity contribution in [1.29, 1.82) is 0 Å². The van der Waals surface area contributed by atoms with Gasteiger partial charge in [0, 0.05) is 12.8 Å². The summed E-state index contributed by atoms with van der Waals surface area (Å²) in [5, 5.41) is 0. The Morgan fingerprint density at radius 1 is 1.21 bits per heavy atom. The highest BCUT2D eigenvalue weighted by Crippen LogP contribution is 2.19. The van der Waals surface area contributed by atoms with Crippen LogP contribution in [0, 0.1) is 11.8 Å². The fraction of sp³-hybridized carbons (Fsp3) is 0.818. The first kappa shape index (κ1) is 13.8. The van der Waals surface area contributed by atoms with E-state index in [1.165, 1.54) is 13.1 Å². The summed E-state index contributed by atoms with van der Waals surface area (Å²) in [6, 6.07) is 0. The first-order valence-corrected chi connectivity index (χ1v) is 6.62. The van der Waals surface area contributed by atoms with Crippen LogP contribution in [0.4, 0.5) is 0 Å². The standard InChI is InChI=1S/C11H21O2P/c1-8(2)7-14-6-5-9(3)11(13)10(4)12/h8-9,14H,5-7H2,1-4H3. The monoisotopic (exact) mass is 216 g/mol. The summed E-state index contributed by atoms with van der Waals surface area (Å²) in [5.41, 5.74) is 0. The van der Waals surface area contributed by atoms with Crippen molar-refractivity contribution in [3.05, 3.63) is 0 Å². The van der Waals surface area contributed by atoms with Crippen LogP contribution in [-0.4, -0.2) is 23.9 Å². The smallest absolute Gasteiger partial charge is 0.200 e. The average molecular weight is 216 g/mol. The van der Waals surface area contributed by atoms with Crippen molar-refractivity contribution in [2.24, 2.45) is 11.8 Å². The van der Waals surface area contributed by atoms with Gasteiger partial charge in [-0.05, 0) is 24.7 Å². The fourth-order valence-corrected chi connectivity index (χ4v) is 2.61. The molecule has 0 aliphatic rings. The van der Waals surface area contributed by atoms with E-state index in [-0.39, 0.29) is 17.5 Å². The number of carbonyl (C=O) groups is 2. The zero-order valence-corrected chi connectivity index (χ0v) is 10.6. The molecule has 2 nitrogen and oxygen atoms in total. The molecule has 0 bridgehead atoms. The quantitative estimate of drug-likeness (QED) is 0.372. The molecular formula is C11H21O2P. The van der Waals surface area contributed by atoms with E-state index in [1.807, 2.05) is 6.92 Å². The lowest BCUT2D eigenvalue weighted by molar-refractivity contribution is -0.137. The van der Waals surface area contributed by atoms with Gasteiger partial charge in [0.2, 0.25) is 5.78 Å². The Balaban J connectivity index is 3.59. The van der Waals surface area contributed by atoms with Crippen molar-refractivity contribution in [2.45, 2.75) is 34.1 Å². The largest absolute Gasteiger partial charge is 0.291 e. The van der Waals surface area contributed by atoms with E-state index >= 15 is 0 Å². The summed E-state index contributed by atoms with van der Waals surface area (Å²) in [4.78, 5) is 22.0. The van der Waals surface area contributed by atoms with Crippen LogP contribution in [0.1, 0.15) is 34.1 Å². The van der Waals surface area contributed by atoms with Gasteiger partial charge in [-0.1, -0.05) is 20.8 Å². The predicted octanol–water partition coefficient (Wildman–Crippen LogP) is 2.51. The van der Waals surface area contributed by atoms with E-state index in [4.69, 9.17) is 0 Å². The number of carbonyl (C=O) groups excluding carboxylic acids is 2. The number of hydrogen-bond acceptors (Lipinski definition) is 2. The van der Waals surface area contributed by atoms with Crippen LogP contribution in [0.25, 0.3) is 0 Å². The van der Waals surface area contributed by atoms with Gasteiger partial charge in [-0.2, -0.15) is 0 Å². The maximum absolute atomic E-state index is 11.2. The van der Waals surface area contributed by atoms with E-state index in [0.717, 1.165) is 27.1 Å². The summed E-state index contributed by atoms with van der Waals surface area (Å²) < 4.78 is 0. The van der Waals surface area contributed by atoms with E-state index < -0.39 is 0 Å². The number of ketones is 2. The van der Waals surface area contributed by atoms with Crippen LogP contribution in [0.5, 0.6) is 0 Å². The topological polar surface area (TPSA) is 34.1 Å². The van der Waals surface area contributed by atoms with Crippen molar-refractivity contribution in [1.82, 2.24) is 0 Å². The molecule has 82 valence electrons. The molecule has 0 N–H and O–H groups in total. The van der Waals surface area contributed by atoms with Crippen LogP contribution < -0.4 is 0 Å². The summed E-state index contributed by atoms with van der Waals surface area (Å²) in [5.74, 6) is 0.156. The first-order chi connectivity index (χ1) is 6.45. The predicted molar refractivity (Wildman–Crippen MR) is 62.4 cm³/mol. The molecule has 0 amide bonds. The second-order valence-corrected chi connectivity index (χ2v) is 5.62. The Bertz CT molecular complexity index is 199. The van der Waals surface area contributed by atoms with Crippen molar-refractivity contribution in [3.8, 4) is 0 Å². The third-order valence-corrected chi connectivity index (χ3v) is 3.85. The van der Waals surface area contributed by atoms with E-state index in [9.17, 15) is 9.59 Å². The zero-order chi connectivity index (χ0) is 11.1. The molecule has 0 aromatic carbocycles. The minimum absolute atomic E-state index is 0.0767. The summed E-state index contributed by atoms with van der Waals surface area (Å²) in [6.45, 7) is 7.62. The van der Waals surface area contributed by atoms with Crippen LogP contribution in [0.15, 0.2) is 0 Å². The molecule has 0 rings (SSSR count). The highest BCUT2D eigenvalue weighted by Gasteiger charge is 2.16. The zero-order valence-electron chi connectivity index (χ0n) is 9.59. The molecule has 0 fully saturated rings. The Morgan fingerprint density at radius 3 is 2.21 bits per heavy atom. The molecule has 0 radical (unpaired) electrons. The Labute approximate surface area is 88.6 Å². The molecule has 2 atom stereocenters. The van der Waals surface area contributed by atoms with Gasteiger partial charge in [0.15, 0.2) is 5.78 Å². The van der Waals surface area contributed by atoms with Gasteiger partial charge < -0.3 is 0 Å². The second-order valence-electron chi connectivity index (χ2n) is 4.21. The van der Waals surface area contributed by atoms with Crippen molar-refractivity contribution < 1.29 is 9.59 Å².